The fourth-order valence-corrected chi connectivity index (χ4v) is 2.26. The van der Waals surface area contributed by atoms with Crippen LogP contribution in [-0.4, -0.2) is 25.0 Å². The van der Waals surface area contributed by atoms with Crippen molar-refractivity contribution in [2.75, 3.05) is 13.2 Å². The summed E-state index contributed by atoms with van der Waals surface area (Å²) in [6, 6.07) is 0. The first kappa shape index (κ1) is 9.44. The van der Waals surface area contributed by atoms with Crippen molar-refractivity contribution in [3.05, 3.63) is 0 Å². The lowest BCUT2D eigenvalue weighted by Gasteiger charge is -2.26. The zero-order valence-electron chi connectivity index (χ0n) is 8.13. The number of rotatable bonds is 1. The summed E-state index contributed by atoms with van der Waals surface area (Å²) < 4.78 is 11.6. The summed E-state index contributed by atoms with van der Waals surface area (Å²) in [4.78, 5) is 0. The molecule has 0 aromatic carbocycles. The molecule has 1 aliphatic carbocycles. The average Bonchev–Trinajstić information content (AvgIpc) is 2.40. The molecule has 1 aliphatic heterocycles. The van der Waals surface area contributed by atoms with Crippen LogP contribution in [0, 0.1) is 0 Å². The van der Waals surface area contributed by atoms with Crippen molar-refractivity contribution >= 4 is 0 Å². The van der Waals surface area contributed by atoms with Crippen LogP contribution in [0.1, 0.15) is 38.5 Å². The van der Waals surface area contributed by atoms with Crippen LogP contribution in [-0.2, 0) is 9.47 Å². The second-order valence-corrected chi connectivity index (χ2v) is 4.11. The van der Waals surface area contributed by atoms with E-state index in [1.165, 1.54) is 25.7 Å². The third-order valence-electron chi connectivity index (χ3n) is 3.04. The maximum absolute atomic E-state index is 5.87. The zero-order valence-corrected chi connectivity index (χ0v) is 8.13. The number of hydrogen-bond acceptors (Lipinski definition) is 3. The van der Waals surface area contributed by atoms with Gasteiger partial charge in [-0.15, -0.1) is 0 Å². The van der Waals surface area contributed by atoms with Crippen molar-refractivity contribution in [1.82, 2.24) is 0 Å². The normalized spacial score (nSPS) is 33.5. The van der Waals surface area contributed by atoms with Gasteiger partial charge in [0.2, 0.25) is 0 Å². The molecule has 0 aromatic heterocycles. The Morgan fingerprint density at radius 3 is 2.38 bits per heavy atom. The third kappa shape index (κ3) is 2.03. The van der Waals surface area contributed by atoms with Crippen LogP contribution in [0.2, 0.25) is 0 Å². The van der Waals surface area contributed by atoms with Crippen molar-refractivity contribution in [2.45, 2.75) is 50.4 Å². The predicted octanol–water partition coefficient (Wildman–Crippen LogP) is 1.41. The molecule has 0 bridgehead atoms. The van der Waals surface area contributed by atoms with Gasteiger partial charge in [0.1, 0.15) is 0 Å². The minimum absolute atomic E-state index is 0.137. The predicted molar refractivity (Wildman–Crippen MR) is 50.3 cm³/mol. The molecule has 1 saturated carbocycles. The number of nitrogens with two attached hydrogens (primary N) is 1. The molecule has 1 heterocycles. The highest BCUT2D eigenvalue weighted by molar-refractivity contribution is 4.81. The Morgan fingerprint density at radius 1 is 1.15 bits per heavy atom. The van der Waals surface area contributed by atoms with E-state index in [0.717, 1.165) is 12.8 Å². The molecule has 2 rings (SSSR count). The zero-order chi connectivity index (χ0) is 9.15. The molecule has 0 unspecified atom stereocenters. The Morgan fingerprint density at radius 2 is 1.85 bits per heavy atom. The highest BCUT2D eigenvalue weighted by Crippen LogP contribution is 2.36. The minimum Gasteiger partial charge on any atom is -0.347 e. The van der Waals surface area contributed by atoms with Crippen LogP contribution in [0.25, 0.3) is 0 Å². The van der Waals surface area contributed by atoms with E-state index in [-0.39, 0.29) is 11.9 Å². The van der Waals surface area contributed by atoms with Gasteiger partial charge in [-0.25, -0.2) is 0 Å². The largest absolute Gasteiger partial charge is 0.347 e. The van der Waals surface area contributed by atoms with Crippen LogP contribution < -0.4 is 5.73 Å². The molecule has 3 nitrogen and oxygen atoms in total. The Hall–Kier alpha value is -0.120. The molecule has 2 N–H and O–H groups in total. The molecule has 1 spiro atoms. The summed E-state index contributed by atoms with van der Waals surface area (Å²) in [6.07, 6.45) is 7.36. The Bertz CT molecular complexity index is 164. The van der Waals surface area contributed by atoms with E-state index in [0.29, 0.717) is 13.2 Å². The topological polar surface area (TPSA) is 44.5 Å². The second-order valence-electron chi connectivity index (χ2n) is 4.11. The SMILES string of the molecule is NC[C@@H]1COC2(CCCCCC2)O1. The molecular weight excluding hydrogens is 166 g/mol. The van der Waals surface area contributed by atoms with E-state index in [1.54, 1.807) is 0 Å². The van der Waals surface area contributed by atoms with Crippen molar-refractivity contribution in [1.29, 1.82) is 0 Å². The lowest BCUT2D eigenvalue weighted by atomic mass is 10.1. The third-order valence-corrected chi connectivity index (χ3v) is 3.04. The van der Waals surface area contributed by atoms with Gasteiger partial charge in [0, 0.05) is 19.4 Å². The maximum atomic E-state index is 5.87. The first-order valence-electron chi connectivity index (χ1n) is 5.36. The molecule has 0 radical (unpaired) electrons. The van der Waals surface area contributed by atoms with Crippen molar-refractivity contribution < 1.29 is 9.47 Å². The van der Waals surface area contributed by atoms with Crippen molar-refractivity contribution in [2.24, 2.45) is 5.73 Å². The molecule has 2 fully saturated rings. The number of hydrogen-bond donors (Lipinski definition) is 1. The van der Waals surface area contributed by atoms with Crippen molar-refractivity contribution in [3.63, 3.8) is 0 Å². The summed E-state index contributed by atoms with van der Waals surface area (Å²) in [5.74, 6) is -0.249. The molecule has 1 saturated heterocycles. The van der Waals surface area contributed by atoms with Gasteiger partial charge in [-0.05, 0) is 12.8 Å². The van der Waals surface area contributed by atoms with Gasteiger partial charge in [-0.2, -0.15) is 0 Å². The second kappa shape index (κ2) is 3.95. The fraction of sp³-hybridized carbons (Fsp3) is 1.00. The van der Waals surface area contributed by atoms with E-state index in [4.69, 9.17) is 15.2 Å². The van der Waals surface area contributed by atoms with E-state index in [9.17, 15) is 0 Å². The maximum Gasteiger partial charge on any atom is 0.168 e. The van der Waals surface area contributed by atoms with E-state index in [2.05, 4.69) is 0 Å². The highest BCUT2D eigenvalue weighted by atomic mass is 16.7. The van der Waals surface area contributed by atoms with Gasteiger partial charge in [0.15, 0.2) is 5.79 Å². The minimum atomic E-state index is -0.249. The van der Waals surface area contributed by atoms with Gasteiger partial charge in [-0.1, -0.05) is 12.8 Å². The Kier molecular flexibility index (Phi) is 2.86. The molecule has 0 amide bonds. The van der Waals surface area contributed by atoms with Crippen LogP contribution in [0.5, 0.6) is 0 Å². The Labute approximate surface area is 79.6 Å². The van der Waals surface area contributed by atoms with Gasteiger partial charge < -0.3 is 15.2 Å². The average molecular weight is 185 g/mol. The smallest absolute Gasteiger partial charge is 0.168 e. The van der Waals surface area contributed by atoms with Crippen LogP contribution in [0.4, 0.5) is 0 Å². The summed E-state index contributed by atoms with van der Waals surface area (Å²) in [6.45, 7) is 1.28. The summed E-state index contributed by atoms with van der Waals surface area (Å²) in [5.41, 5.74) is 5.56. The van der Waals surface area contributed by atoms with Crippen LogP contribution in [0.15, 0.2) is 0 Å². The lowest BCUT2D eigenvalue weighted by Crippen LogP contribution is -2.31. The van der Waals surface area contributed by atoms with E-state index in [1.807, 2.05) is 0 Å². The standard InChI is InChI=1S/C10H19NO2/c11-7-9-8-12-10(13-9)5-3-1-2-4-6-10/h9H,1-8,11H2/t9-/m1/s1. The van der Waals surface area contributed by atoms with Gasteiger partial charge >= 0.3 is 0 Å². The molecule has 76 valence electrons. The quantitative estimate of drug-likeness (QED) is 0.671. The van der Waals surface area contributed by atoms with Gasteiger partial charge in [-0.3, -0.25) is 0 Å². The first-order valence-corrected chi connectivity index (χ1v) is 5.36. The first-order chi connectivity index (χ1) is 6.35. The van der Waals surface area contributed by atoms with Gasteiger partial charge in [0.05, 0.1) is 12.7 Å². The highest BCUT2D eigenvalue weighted by Gasteiger charge is 2.40. The molecule has 0 aromatic rings. The van der Waals surface area contributed by atoms with Crippen LogP contribution in [0.3, 0.4) is 0 Å². The molecule has 1 atom stereocenters. The fourth-order valence-electron chi connectivity index (χ4n) is 2.26. The summed E-state index contributed by atoms with van der Waals surface area (Å²) in [7, 11) is 0. The number of ether oxygens (including phenoxy) is 2. The monoisotopic (exact) mass is 185 g/mol. The lowest BCUT2D eigenvalue weighted by molar-refractivity contribution is -0.175. The van der Waals surface area contributed by atoms with Crippen molar-refractivity contribution in [3.8, 4) is 0 Å². The molecule has 2 aliphatic rings. The van der Waals surface area contributed by atoms with Gasteiger partial charge in [0.25, 0.3) is 0 Å². The van der Waals surface area contributed by atoms with Crippen LogP contribution >= 0.6 is 0 Å². The van der Waals surface area contributed by atoms with E-state index < -0.39 is 0 Å². The molecule has 13 heavy (non-hydrogen) atoms. The Balaban J connectivity index is 1.95. The van der Waals surface area contributed by atoms with E-state index >= 15 is 0 Å². The summed E-state index contributed by atoms with van der Waals surface area (Å²) in [5, 5.41) is 0. The summed E-state index contributed by atoms with van der Waals surface area (Å²) >= 11 is 0. The molecular formula is C10H19NO2. The molecule has 3 heteroatoms.